The summed E-state index contributed by atoms with van der Waals surface area (Å²) in [6, 6.07) is 15.8. The van der Waals surface area contributed by atoms with Crippen LogP contribution < -0.4 is 5.32 Å². The Bertz CT molecular complexity index is 955. The van der Waals surface area contributed by atoms with Gasteiger partial charge in [0.05, 0.1) is 23.1 Å². The van der Waals surface area contributed by atoms with Crippen molar-refractivity contribution in [1.29, 1.82) is 0 Å². The molecule has 0 saturated heterocycles. The van der Waals surface area contributed by atoms with Gasteiger partial charge in [-0.2, -0.15) is 0 Å². The lowest BCUT2D eigenvalue weighted by Crippen LogP contribution is -2.31. The largest absolute Gasteiger partial charge is 0.346 e. The molecule has 6 nitrogen and oxygen atoms in total. The molecule has 0 bridgehead atoms. The minimum Gasteiger partial charge on any atom is -0.346 e. The van der Waals surface area contributed by atoms with E-state index in [2.05, 4.69) is 12.2 Å². The normalized spacial score (nSPS) is 11.8. The van der Waals surface area contributed by atoms with Gasteiger partial charge in [-0.25, -0.2) is 4.98 Å². The summed E-state index contributed by atoms with van der Waals surface area (Å²) in [5.41, 5.74) is 2.94. The molecule has 3 rings (SSSR count). The molecule has 0 saturated carbocycles. The fourth-order valence-corrected chi connectivity index (χ4v) is 3.97. The number of amides is 1. The number of carbonyl (C=O) groups excluding carboxylic acids is 1. The Hall–Kier alpha value is -3.06. The van der Waals surface area contributed by atoms with Gasteiger partial charge in [0.25, 0.3) is 5.69 Å². The maximum absolute atomic E-state index is 12.6. The molecule has 1 amide bonds. The quantitative estimate of drug-likeness (QED) is 0.412. The Kier molecular flexibility index (Phi) is 7.08. The summed E-state index contributed by atoms with van der Waals surface area (Å²) in [6.07, 6.45) is 2.73. The number of aromatic nitrogens is 1. The van der Waals surface area contributed by atoms with Crippen molar-refractivity contribution in [1.82, 2.24) is 10.3 Å². The zero-order chi connectivity index (χ0) is 20.6. The summed E-state index contributed by atoms with van der Waals surface area (Å²) in [5, 5.41) is 16.9. The van der Waals surface area contributed by atoms with Crippen molar-refractivity contribution < 1.29 is 9.72 Å². The number of nitrogens with zero attached hydrogens (tertiary/aromatic N) is 2. The first-order valence-electron chi connectivity index (χ1n) is 9.56. The van der Waals surface area contributed by atoms with Gasteiger partial charge in [-0.1, -0.05) is 55.8 Å². The van der Waals surface area contributed by atoms with Crippen LogP contribution in [-0.2, 0) is 24.1 Å². The summed E-state index contributed by atoms with van der Waals surface area (Å²) >= 11 is 1.54. The fourth-order valence-electron chi connectivity index (χ4n) is 3.07. The second-order valence-electron chi connectivity index (χ2n) is 6.84. The van der Waals surface area contributed by atoms with Crippen LogP contribution in [-0.4, -0.2) is 15.8 Å². The van der Waals surface area contributed by atoms with Gasteiger partial charge in [-0.3, -0.25) is 14.9 Å². The zero-order valence-electron chi connectivity index (χ0n) is 16.2. The standard InChI is InChI=1S/C22H23N3O3S/c1-2-6-18-15-29-22(23-18)20(13-17-9-11-19(12-10-17)25(27)28)24-21(26)14-16-7-4-3-5-8-16/h3-5,7-12,15,20H,2,6,13-14H2,1H3,(H,24,26)/t20-/m0/s1. The van der Waals surface area contributed by atoms with Gasteiger partial charge in [0, 0.05) is 17.5 Å². The molecule has 0 aliphatic heterocycles. The van der Waals surface area contributed by atoms with E-state index < -0.39 is 4.92 Å². The summed E-state index contributed by atoms with van der Waals surface area (Å²) in [5.74, 6) is -0.0737. The third-order valence-corrected chi connectivity index (χ3v) is 5.51. The van der Waals surface area contributed by atoms with E-state index in [1.807, 2.05) is 35.7 Å². The van der Waals surface area contributed by atoms with E-state index >= 15 is 0 Å². The number of non-ortho nitro benzene ring substituents is 1. The van der Waals surface area contributed by atoms with Gasteiger partial charge in [0.1, 0.15) is 5.01 Å². The number of nitro benzene ring substituents is 1. The van der Waals surface area contributed by atoms with Crippen LogP contribution in [0.5, 0.6) is 0 Å². The number of hydrogen-bond donors (Lipinski definition) is 1. The Morgan fingerprint density at radius 2 is 1.86 bits per heavy atom. The van der Waals surface area contributed by atoms with Crippen molar-refractivity contribution in [3.8, 4) is 0 Å². The van der Waals surface area contributed by atoms with Crippen LogP contribution in [0.1, 0.15) is 41.2 Å². The number of thiazole rings is 1. The molecule has 29 heavy (non-hydrogen) atoms. The molecule has 0 fully saturated rings. The monoisotopic (exact) mass is 409 g/mol. The molecule has 1 N–H and O–H groups in total. The predicted octanol–water partition coefficient (Wildman–Crippen LogP) is 4.65. The first kappa shape index (κ1) is 20.7. The van der Waals surface area contributed by atoms with Crippen molar-refractivity contribution in [2.24, 2.45) is 0 Å². The highest BCUT2D eigenvalue weighted by Crippen LogP contribution is 2.24. The molecule has 0 aliphatic carbocycles. The van der Waals surface area contributed by atoms with E-state index in [0.717, 1.165) is 34.7 Å². The molecule has 0 radical (unpaired) electrons. The third-order valence-electron chi connectivity index (χ3n) is 4.50. The molecular weight excluding hydrogens is 386 g/mol. The molecule has 0 unspecified atom stereocenters. The third kappa shape index (κ3) is 5.96. The van der Waals surface area contributed by atoms with Crippen molar-refractivity contribution in [3.05, 3.63) is 91.9 Å². The van der Waals surface area contributed by atoms with E-state index in [-0.39, 0.29) is 17.6 Å². The second-order valence-corrected chi connectivity index (χ2v) is 7.73. The van der Waals surface area contributed by atoms with Gasteiger partial charge in [-0.05, 0) is 24.0 Å². The van der Waals surface area contributed by atoms with Crippen LogP contribution in [0.2, 0.25) is 0 Å². The average Bonchev–Trinajstić information content (AvgIpc) is 3.17. The first-order valence-corrected chi connectivity index (χ1v) is 10.4. The summed E-state index contributed by atoms with van der Waals surface area (Å²) < 4.78 is 0. The SMILES string of the molecule is CCCc1csc([C@H](Cc2ccc([N+](=O)[O-])cc2)NC(=O)Cc2ccccc2)n1. The van der Waals surface area contributed by atoms with Gasteiger partial charge < -0.3 is 5.32 Å². The molecular formula is C22H23N3O3S. The molecule has 1 atom stereocenters. The van der Waals surface area contributed by atoms with Crippen LogP contribution in [0, 0.1) is 10.1 Å². The van der Waals surface area contributed by atoms with E-state index in [1.54, 1.807) is 12.1 Å². The highest BCUT2D eigenvalue weighted by molar-refractivity contribution is 7.09. The molecule has 1 heterocycles. The molecule has 150 valence electrons. The topological polar surface area (TPSA) is 85.1 Å². The average molecular weight is 410 g/mol. The molecule has 0 spiro atoms. The van der Waals surface area contributed by atoms with Gasteiger partial charge >= 0.3 is 0 Å². The Labute approximate surface area is 173 Å². The smallest absolute Gasteiger partial charge is 0.269 e. The number of benzene rings is 2. The fraction of sp³-hybridized carbons (Fsp3) is 0.273. The first-order chi connectivity index (χ1) is 14.0. The minimum atomic E-state index is -0.416. The van der Waals surface area contributed by atoms with E-state index in [4.69, 9.17) is 4.98 Å². The van der Waals surface area contributed by atoms with Gasteiger partial charge in [0.15, 0.2) is 0 Å². The van der Waals surface area contributed by atoms with E-state index in [1.165, 1.54) is 23.5 Å². The Morgan fingerprint density at radius 3 is 2.52 bits per heavy atom. The lowest BCUT2D eigenvalue weighted by molar-refractivity contribution is -0.384. The number of carbonyl (C=O) groups is 1. The van der Waals surface area contributed by atoms with Crippen LogP contribution in [0.15, 0.2) is 60.0 Å². The summed E-state index contributed by atoms with van der Waals surface area (Å²) in [6.45, 7) is 2.11. The van der Waals surface area contributed by atoms with Crippen LogP contribution in [0.3, 0.4) is 0 Å². The minimum absolute atomic E-state index is 0.0536. The molecule has 2 aromatic carbocycles. The van der Waals surface area contributed by atoms with Crippen molar-refractivity contribution >= 4 is 22.9 Å². The lowest BCUT2D eigenvalue weighted by atomic mass is 10.0. The van der Waals surface area contributed by atoms with Crippen LogP contribution in [0.4, 0.5) is 5.69 Å². The molecule has 1 aromatic heterocycles. The number of nitro groups is 1. The maximum atomic E-state index is 12.6. The summed E-state index contributed by atoms with van der Waals surface area (Å²) in [7, 11) is 0. The highest BCUT2D eigenvalue weighted by atomic mass is 32.1. The number of hydrogen-bond acceptors (Lipinski definition) is 5. The van der Waals surface area contributed by atoms with Crippen molar-refractivity contribution in [2.45, 2.75) is 38.6 Å². The number of aryl methyl sites for hydroxylation is 1. The van der Waals surface area contributed by atoms with Gasteiger partial charge in [0.2, 0.25) is 5.91 Å². The Morgan fingerprint density at radius 1 is 1.14 bits per heavy atom. The van der Waals surface area contributed by atoms with Gasteiger partial charge in [-0.15, -0.1) is 11.3 Å². The maximum Gasteiger partial charge on any atom is 0.269 e. The van der Waals surface area contributed by atoms with E-state index in [0.29, 0.717) is 12.8 Å². The number of rotatable bonds is 9. The Balaban J connectivity index is 1.76. The number of nitrogens with one attached hydrogen (secondary N) is 1. The zero-order valence-corrected chi connectivity index (χ0v) is 17.0. The van der Waals surface area contributed by atoms with Crippen molar-refractivity contribution in [2.75, 3.05) is 0 Å². The second kappa shape index (κ2) is 9.93. The lowest BCUT2D eigenvalue weighted by Gasteiger charge is -2.17. The highest BCUT2D eigenvalue weighted by Gasteiger charge is 2.19. The van der Waals surface area contributed by atoms with Crippen LogP contribution in [0.25, 0.3) is 0 Å². The van der Waals surface area contributed by atoms with Crippen molar-refractivity contribution in [3.63, 3.8) is 0 Å². The summed E-state index contributed by atoms with van der Waals surface area (Å²) in [4.78, 5) is 27.8. The predicted molar refractivity (Wildman–Crippen MR) is 114 cm³/mol. The molecule has 0 aliphatic rings. The van der Waals surface area contributed by atoms with E-state index in [9.17, 15) is 14.9 Å². The molecule has 3 aromatic rings. The van der Waals surface area contributed by atoms with Crippen LogP contribution >= 0.6 is 11.3 Å². The molecule has 7 heteroatoms.